The van der Waals surface area contributed by atoms with Crippen LogP contribution in [-0.4, -0.2) is 18.9 Å². The number of amidine groups is 1. The molecule has 1 unspecified atom stereocenters. The maximum absolute atomic E-state index is 4.53. The second kappa shape index (κ2) is 6.01. The van der Waals surface area contributed by atoms with Crippen LogP contribution >= 0.6 is 0 Å². The summed E-state index contributed by atoms with van der Waals surface area (Å²) >= 11 is 0. The Morgan fingerprint density at radius 2 is 2.23 bits per heavy atom. The molecule has 76 valence electrons. The number of nitrogens with one attached hydrogen (secondary N) is 1. The molecule has 1 N–H and O–H groups in total. The van der Waals surface area contributed by atoms with Crippen molar-refractivity contribution in [3.05, 3.63) is 0 Å². The zero-order valence-electron chi connectivity index (χ0n) is 8.97. The van der Waals surface area contributed by atoms with Gasteiger partial charge >= 0.3 is 0 Å². The molecule has 1 rings (SSSR count). The Hall–Kier alpha value is -0.530. The van der Waals surface area contributed by atoms with Gasteiger partial charge in [-0.15, -0.1) is 0 Å². The Balaban J connectivity index is 2.22. The van der Waals surface area contributed by atoms with Gasteiger partial charge in [-0.05, 0) is 18.8 Å². The number of hydrogen-bond acceptors (Lipinski definition) is 2. The molecule has 0 aromatic carbocycles. The summed E-state index contributed by atoms with van der Waals surface area (Å²) in [5, 5.41) is 3.46. The van der Waals surface area contributed by atoms with Crippen molar-refractivity contribution in [3.8, 4) is 0 Å². The standard InChI is InChI=1S/C11H22N2/c1-3-10(2)9-13-11-7-5-4-6-8-12-11/h10H,3-9H2,1-2H3,(H,12,13). The maximum Gasteiger partial charge on any atom is 0.0963 e. The Kier molecular flexibility index (Phi) is 4.87. The molecule has 13 heavy (non-hydrogen) atoms. The van der Waals surface area contributed by atoms with Crippen LogP contribution in [-0.2, 0) is 0 Å². The Bertz CT molecular complexity index is 163. The van der Waals surface area contributed by atoms with Gasteiger partial charge in [0.1, 0.15) is 0 Å². The third-order valence-electron chi connectivity index (χ3n) is 2.73. The highest BCUT2D eigenvalue weighted by molar-refractivity contribution is 5.82. The lowest BCUT2D eigenvalue weighted by molar-refractivity contribution is 0.545. The summed E-state index contributed by atoms with van der Waals surface area (Å²) < 4.78 is 0. The van der Waals surface area contributed by atoms with E-state index in [1.54, 1.807) is 0 Å². The van der Waals surface area contributed by atoms with E-state index >= 15 is 0 Å². The van der Waals surface area contributed by atoms with Crippen molar-refractivity contribution in [2.75, 3.05) is 13.1 Å². The van der Waals surface area contributed by atoms with Gasteiger partial charge in [-0.3, -0.25) is 4.99 Å². The van der Waals surface area contributed by atoms with E-state index < -0.39 is 0 Å². The van der Waals surface area contributed by atoms with Crippen LogP contribution < -0.4 is 5.32 Å². The molecule has 0 aromatic heterocycles. The molecule has 2 heteroatoms. The van der Waals surface area contributed by atoms with Gasteiger partial charge in [-0.25, -0.2) is 0 Å². The minimum absolute atomic E-state index is 0.769. The number of aliphatic imine (C=N–C) groups is 1. The molecular formula is C11H22N2. The quantitative estimate of drug-likeness (QED) is 0.713. The Labute approximate surface area is 81.8 Å². The molecule has 0 bridgehead atoms. The first-order valence-corrected chi connectivity index (χ1v) is 5.60. The van der Waals surface area contributed by atoms with Crippen LogP contribution in [0.15, 0.2) is 4.99 Å². The Morgan fingerprint density at radius 1 is 1.38 bits per heavy atom. The van der Waals surface area contributed by atoms with Crippen molar-refractivity contribution in [3.63, 3.8) is 0 Å². The normalized spacial score (nSPS) is 20.3. The first-order chi connectivity index (χ1) is 6.33. The van der Waals surface area contributed by atoms with Crippen LogP contribution in [0.4, 0.5) is 0 Å². The lowest BCUT2D eigenvalue weighted by Gasteiger charge is -2.12. The number of hydrogen-bond donors (Lipinski definition) is 1. The van der Waals surface area contributed by atoms with Crippen LogP contribution in [0, 0.1) is 5.92 Å². The first-order valence-electron chi connectivity index (χ1n) is 5.60. The summed E-state index contributed by atoms with van der Waals surface area (Å²) in [7, 11) is 0. The monoisotopic (exact) mass is 182 g/mol. The van der Waals surface area contributed by atoms with Gasteiger partial charge in [-0.1, -0.05) is 26.7 Å². The zero-order chi connectivity index (χ0) is 9.52. The van der Waals surface area contributed by atoms with Crippen molar-refractivity contribution in [1.82, 2.24) is 5.32 Å². The first kappa shape index (κ1) is 10.6. The molecule has 0 saturated heterocycles. The lowest BCUT2D eigenvalue weighted by Crippen LogP contribution is -2.27. The van der Waals surface area contributed by atoms with E-state index in [-0.39, 0.29) is 0 Å². The molecule has 0 aromatic rings. The summed E-state index contributed by atoms with van der Waals surface area (Å²) in [6, 6.07) is 0. The van der Waals surface area contributed by atoms with Crippen LogP contribution in [0.3, 0.4) is 0 Å². The van der Waals surface area contributed by atoms with Gasteiger partial charge in [0, 0.05) is 19.5 Å². The minimum Gasteiger partial charge on any atom is -0.374 e. The molecule has 0 saturated carbocycles. The summed E-state index contributed by atoms with van der Waals surface area (Å²) in [6.07, 6.45) is 6.34. The van der Waals surface area contributed by atoms with E-state index in [1.807, 2.05) is 0 Å². The maximum atomic E-state index is 4.53. The van der Waals surface area contributed by atoms with Crippen molar-refractivity contribution < 1.29 is 0 Å². The predicted molar refractivity (Wildman–Crippen MR) is 58.2 cm³/mol. The fourth-order valence-electron chi connectivity index (χ4n) is 1.45. The second-order valence-electron chi connectivity index (χ2n) is 4.03. The Morgan fingerprint density at radius 3 is 3.00 bits per heavy atom. The molecule has 1 atom stereocenters. The summed E-state index contributed by atoms with van der Waals surface area (Å²) in [5.41, 5.74) is 0. The van der Waals surface area contributed by atoms with Gasteiger partial charge in [0.25, 0.3) is 0 Å². The van der Waals surface area contributed by atoms with Gasteiger partial charge in [0.2, 0.25) is 0 Å². The average Bonchev–Trinajstić information content (AvgIpc) is 2.42. The molecule has 1 aliphatic rings. The van der Waals surface area contributed by atoms with Crippen LogP contribution in [0.1, 0.15) is 46.0 Å². The van der Waals surface area contributed by atoms with Crippen molar-refractivity contribution >= 4 is 5.84 Å². The lowest BCUT2D eigenvalue weighted by atomic mass is 10.1. The van der Waals surface area contributed by atoms with Crippen molar-refractivity contribution in [1.29, 1.82) is 0 Å². The van der Waals surface area contributed by atoms with E-state index in [9.17, 15) is 0 Å². The summed E-state index contributed by atoms with van der Waals surface area (Å²) in [5.74, 6) is 2.02. The van der Waals surface area contributed by atoms with Crippen molar-refractivity contribution in [2.45, 2.75) is 46.0 Å². The topological polar surface area (TPSA) is 24.4 Å². The molecule has 0 fully saturated rings. The highest BCUT2D eigenvalue weighted by Crippen LogP contribution is 2.06. The van der Waals surface area contributed by atoms with Crippen molar-refractivity contribution in [2.24, 2.45) is 10.9 Å². The van der Waals surface area contributed by atoms with Gasteiger partial charge in [-0.2, -0.15) is 0 Å². The fourth-order valence-corrected chi connectivity index (χ4v) is 1.45. The highest BCUT2D eigenvalue weighted by Gasteiger charge is 2.04. The van der Waals surface area contributed by atoms with E-state index in [4.69, 9.17) is 0 Å². The predicted octanol–water partition coefficient (Wildman–Crippen LogP) is 2.59. The van der Waals surface area contributed by atoms with Gasteiger partial charge < -0.3 is 5.32 Å². The van der Waals surface area contributed by atoms with Gasteiger partial charge in [0.15, 0.2) is 0 Å². The van der Waals surface area contributed by atoms with E-state index in [0.29, 0.717) is 0 Å². The minimum atomic E-state index is 0.769. The molecule has 2 nitrogen and oxygen atoms in total. The fraction of sp³-hybridized carbons (Fsp3) is 0.909. The molecule has 1 aliphatic heterocycles. The molecule has 0 amide bonds. The molecular weight excluding hydrogens is 160 g/mol. The zero-order valence-corrected chi connectivity index (χ0v) is 8.97. The number of nitrogens with zero attached hydrogens (tertiary/aromatic N) is 1. The van der Waals surface area contributed by atoms with Crippen LogP contribution in [0.5, 0.6) is 0 Å². The average molecular weight is 182 g/mol. The summed E-state index contributed by atoms with van der Waals surface area (Å²) in [6.45, 7) is 6.64. The molecule has 0 spiro atoms. The largest absolute Gasteiger partial charge is 0.374 e. The van der Waals surface area contributed by atoms with E-state index in [1.165, 1.54) is 31.5 Å². The summed E-state index contributed by atoms with van der Waals surface area (Å²) in [4.78, 5) is 4.53. The highest BCUT2D eigenvalue weighted by atomic mass is 15.0. The van der Waals surface area contributed by atoms with Crippen LogP contribution in [0.2, 0.25) is 0 Å². The molecule has 0 aliphatic carbocycles. The molecule has 0 radical (unpaired) electrons. The third-order valence-corrected chi connectivity index (χ3v) is 2.73. The second-order valence-corrected chi connectivity index (χ2v) is 4.03. The van der Waals surface area contributed by atoms with E-state index in [0.717, 1.165) is 25.4 Å². The number of rotatable bonds is 3. The smallest absolute Gasteiger partial charge is 0.0963 e. The SMILES string of the molecule is CCC(C)CNC1=NCCCCC1. The molecule has 1 heterocycles. The van der Waals surface area contributed by atoms with E-state index in [2.05, 4.69) is 24.2 Å². The van der Waals surface area contributed by atoms with Gasteiger partial charge in [0.05, 0.1) is 5.84 Å². The third kappa shape index (κ3) is 4.30. The van der Waals surface area contributed by atoms with Crippen LogP contribution in [0.25, 0.3) is 0 Å².